The number of carbonyl (C=O) groups excluding carboxylic acids is 2. The van der Waals surface area contributed by atoms with E-state index in [1.807, 2.05) is 21.1 Å². The summed E-state index contributed by atoms with van der Waals surface area (Å²) in [4.78, 5) is 37.7. The Hall–Kier alpha value is -7.69. The number of ether oxygens (including phenoxy) is 4. The molecule has 2 unspecified atom stereocenters. The number of rotatable bonds is 68. The highest BCUT2D eigenvalue weighted by Crippen LogP contribution is 2.12. The van der Waals surface area contributed by atoms with E-state index in [-0.39, 0.29) is 38.6 Å². The smallest absolute Gasteiger partial charge is 0.361 e. The van der Waals surface area contributed by atoms with E-state index in [1.54, 1.807) is 0 Å². The third-order valence-corrected chi connectivity index (χ3v) is 15.2. The number of nitrogens with zero attached hydrogens (tertiary/aromatic N) is 1. The molecule has 1 N–H and O–H groups in total. The predicted octanol–water partition coefficient (Wildman–Crippen LogP) is 25.7. The van der Waals surface area contributed by atoms with E-state index in [2.05, 4.69) is 293 Å². The average molecular weight is 1410 g/mol. The Morgan fingerprint density at radius 3 is 0.796 bits per heavy atom. The van der Waals surface area contributed by atoms with Crippen LogP contribution in [0.5, 0.6) is 0 Å². The molecule has 0 heterocycles. The van der Waals surface area contributed by atoms with Crippen molar-refractivity contribution in [3.8, 4) is 0 Å². The van der Waals surface area contributed by atoms with Gasteiger partial charge in [0, 0.05) is 12.8 Å². The summed E-state index contributed by atoms with van der Waals surface area (Å²) in [5.41, 5.74) is 0. The topological polar surface area (TPSA) is 108 Å². The van der Waals surface area contributed by atoms with Gasteiger partial charge in [0.05, 0.1) is 34.4 Å². The maximum Gasteiger partial charge on any atom is 0.361 e. The Balaban J connectivity index is 4.32. The molecule has 0 amide bonds. The molecule has 0 aromatic rings. The molecule has 9 nitrogen and oxygen atoms in total. The van der Waals surface area contributed by atoms with Gasteiger partial charge in [-0.05, 0) is 186 Å². The molecule has 0 aromatic heterocycles. The number of hydrogen-bond donors (Lipinski definition) is 1. The number of carboxylic acids is 1. The van der Waals surface area contributed by atoms with E-state index in [1.165, 1.54) is 0 Å². The Kier molecular flexibility index (Phi) is 74.0. The summed E-state index contributed by atoms with van der Waals surface area (Å²) < 4.78 is 22.9. The van der Waals surface area contributed by atoms with Crippen LogP contribution in [0.2, 0.25) is 0 Å². The van der Waals surface area contributed by atoms with Gasteiger partial charge in [-0.3, -0.25) is 9.59 Å². The zero-order valence-electron chi connectivity index (χ0n) is 64.8. The van der Waals surface area contributed by atoms with Crippen LogP contribution in [-0.4, -0.2) is 87.4 Å². The van der Waals surface area contributed by atoms with Crippen LogP contribution >= 0.6 is 0 Å². The molecule has 2 atom stereocenters. The van der Waals surface area contributed by atoms with Crippen molar-refractivity contribution in [2.45, 2.75) is 245 Å². The number of carboxylic acid groups (broad SMARTS) is 1. The Morgan fingerprint density at radius 2 is 0.524 bits per heavy atom. The van der Waals surface area contributed by atoms with Gasteiger partial charge in [0.15, 0.2) is 6.10 Å². The molecule has 0 spiro atoms. The molecule has 0 saturated carbocycles. The van der Waals surface area contributed by atoms with Gasteiger partial charge < -0.3 is 28.5 Å². The van der Waals surface area contributed by atoms with Crippen molar-refractivity contribution in [2.24, 2.45) is 0 Å². The fraction of sp³-hybridized carbons (Fsp3) is 0.479. The molecule has 9 heteroatoms. The maximum atomic E-state index is 13.0. The molecule has 0 fully saturated rings. The second-order valence-electron chi connectivity index (χ2n) is 25.8. The molecule has 0 bridgehead atoms. The van der Waals surface area contributed by atoms with E-state index in [0.29, 0.717) is 23.9 Å². The first kappa shape index (κ1) is 95.3. The lowest BCUT2D eigenvalue weighted by Crippen LogP contribution is -2.40. The fourth-order valence-electron chi connectivity index (χ4n) is 9.29. The molecule has 0 aliphatic heterocycles. The van der Waals surface area contributed by atoms with Gasteiger partial charge >= 0.3 is 17.9 Å². The first-order valence-corrected chi connectivity index (χ1v) is 39.1. The number of esters is 2. The summed E-state index contributed by atoms with van der Waals surface area (Å²) in [5, 5.41) is 9.76. The largest absolute Gasteiger partial charge is 0.477 e. The van der Waals surface area contributed by atoms with E-state index in [9.17, 15) is 19.5 Å². The Labute approximate surface area is 629 Å². The Morgan fingerprint density at radius 1 is 0.291 bits per heavy atom. The highest BCUT2D eigenvalue weighted by Gasteiger charge is 2.25. The quantitative estimate of drug-likeness (QED) is 0.0211. The minimum atomic E-state index is -1.55. The monoisotopic (exact) mass is 1410 g/mol. The standard InChI is InChI=1S/C94H139NO8/c1-6-8-10-12-14-16-18-20-22-24-26-28-30-32-34-36-38-40-42-44-46-48-50-52-54-56-58-60-62-64-66-68-70-72-74-76-78-80-82-84-91(96)101-88-90(89-102-94(93(98)99)100-87-86-95(3,4)5)103-92(97)85-83-81-79-77-75-73-71-69-67-65-63-61-59-57-55-53-51-49-47-45-43-41-39-37-35-33-31-29-27-25-23-21-19-17-15-13-11-9-7-2/h8-11,14-17,20-23,26-29,32-35,38-41,44-47,50-53,56-59,62-65,68-71,75,77,90,94H,6-7,12-13,18-19,24-25,30-31,36-37,42-43,48-49,54-55,60-61,66-67,72-74,76,78-89H2,1-5H3/p+1/b10-8-,11-9-,16-14-,17-15-,22-20-,23-21-,28-26-,29-27-,34-32-,35-33-,40-38-,41-39-,46-44-,47-45-,52-50-,53-51-,58-56-,59-57-,64-62-,65-63-,70-68-,71-69-,77-75-. The normalized spacial score (nSPS) is 14.2. The number of aliphatic carboxylic acids is 1. The second-order valence-corrected chi connectivity index (χ2v) is 25.8. The summed E-state index contributed by atoms with van der Waals surface area (Å²) in [6.07, 6.45) is 130. The van der Waals surface area contributed by atoms with Gasteiger partial charge in [0.25, 0.3) is 6.29 Å². The number of hydrogen-bond acceptors (Lipinski definition) is 7. The van der Waals surface area contributed by atoms with E-state index in [0.717, 1.165) is 193 Å². The van der Waals surface area contributed by atoms with Crippen LogP contribution < -0.4 is 0 Å². The lowest BCUT2D eigenvalue weighted by Gasteiger charge is -2.25. The maximum absolute atomic E-state index is 13.0. The van der Waals surface area contributed by atoms with Gasteiger partial charge in [0.2, 0.25) is 0 Å². The zero-order valence-corrected chi connectivity index (χ0v) is 64.8. The summed E-state index contributed by atoms with van der Waals surface area (Å²) in [7, 11) is 5.93. The van der Waals surface area contributed by atoms with Crippen molar-refractivity contribution >= 4 is 17.9 Å². The van der Waals surface area contributed by atoms with Gasteiger partial charge in [-0.15, -0.1) is 0 Å². The molecule has 103 heavy (non-hydrogen) atoms. The molecule has 0 rings (SSSR count). The van der Waals surface area contributed by atoms with Crippen molar-refractivity contribution in [3.05, 3.63) is 279 Å². The summed E-state index contributed by atoms with van der Waals surface area (Å²) >= 11 is 0. The third kappa shape index (κ3) is 81.5. The molecule has 0 aliphatic rings. The predicted molar refractivity (Wildman–Crippen MR) is 446 cm³/mol. The van der Waals surface area contributed by atoms with Crippen molar-refractivity contribution < 1.29 is 42.9 Å². The zero-order chi connectivity index (χ0) is 74.6. The lowest BCUT2D eigenvalue weighted by molar-refractivity contribution is -0.870. The minimum absolute atomic E-state index is 0.159. The van der Waals surface area contributed by atoms with Crippen LogP contribution in [0.4, 0.5) is 0 Å². The third-order valence-electron chi connectivity index (χ3n) is 15.2. The van der Waals surface area contributed by atoms with E-state index >= 15 is 0 Å². The van der Waals surface area contributed by atoms with E-state index in [4.69, 9.17) is 18.9 Å². The molecule has 0 aromatic carbocycles. The number of unbranched alkanes of at least 4 members (excludes halogenated alkanes) is 7. The average Bonchev–Trinajstić information content (AvgIpc) is 0.985. The highest BCUT2D eigenvalue weighted by molar-refractivity contribution is 5.71. The van der Waals surface area contributed by atoms with Crippen LogP contribution in [0.1, 0.15) is 232 Å². The molecule has 568 valence electrons. The van der Waals surface area contributed by atoms with Crippen LogP contribution in [0.15, 0.2) is 279 Å². The number of allylic oxidation sites excluding steroid dienone is 46. The number of carbonyl (C=O) groups is 3. The summed E-state index contributed by atoms with van der Waals surface area (Å²) in [6, 6.07) is 0. The summed E-state index contributed by atoms with van der Waals surface area (Å²) in [5.74, 6) is -2.13. The SMILES string of the molecule is CC/C=C\C/C=C\C/C=C\C/C=C\C/C=C\C/C=C\C/C=C\C/C=C\C/C=C\C/C=C\C/C=C\C/C=C\CCCCC(=O)OC(COC(=O)CCCCCCC/C=C\C/C=C\C/C=C\C/C=C\C/C=C\C/C=C\C/C=C\C/C=C\C/C=C\C/C=C\C/C=C\CC)COC(OCC[N+](C)(C)C)C(=O)O. The summed E-state index contributed by atoms with van der Waals surface area (Å²) in [6.45, 7) is 4.53. The van der Waals surface area contributed by atoms with Crippen molar-refractivity contribution in [2.75, 3.05) is 47.5 Å². The molecule has 0 radical (unpaired) electrons. The molecular weight excluding hydrogens is 1270 g/mol. The van der Waals surface area contributed by atoms with Crippen LogP contribution in [-0.2, 0) is 33.3 Å². The van der Waals surface area contributed by atoms with Crippen molar-refractivity contribution in [3.63, 3.8) is 0 Å². The van der Waals surface area contributed by atoms with Gasteiger partial charge in [-0.2, -0.15) is 0 Å². The van der Waals surface area contributed by atoms with Crippen LogP contribution in [0.3, 0.4) is 0 Å². The molecular formula is C94H140NO8+. The fourth-order valence-corrected chi connectivity index (χ4v) is 9.29. The van der Waals surface area contributed by atoms with Gasteiger partial charge in [-0.25, -0.2) is 4.79 Å². The van der Waals surface area contributed by atoms with E-state index < -0.39 is 24.3 Å². The number of quaternary nitrogens is 1. The second kappa shape index (κ2) is 80.0. The van der Waals surface area contributed by atoms with Gasteiger partial charge in [-0.1, -0.05) is 313 Å². The van der Waals surface area contributed by atoms with Crippen molar-refractivity contribution in [1.82, 2.24) is 0 Å². The van der Waals surface area contributed by atoms with Crippen molar-refractivity contribution in [1.29, 1.82) is 0 Å². The highest BCUT2D eigenvalue weighted by atomic mass is 16.7. The van der Waals surface area contributed by atoms with Gasteiger partial charge in [0.1, 0.15) is 13.2 Å². The van der Waals surface area contributed by atoms with Crippen LogP contribution in [0, 0.1) is 0 Å². The molecule has 0 saturated heterocycles. The molecule has 0 aliphatic carbocycles. The first-order chi connectivity index (χ1) is 50.6. The lowest BCUT2D eigenvalue weighted by atomic mass is 10.1. The Bertz CT molecular complexity index is 2760. The van der Waals surface area contributed by atoms with Crippen LogP contribution in [0.25, 0.3) is 0 Å². The first-order valence-electron chi connectivity index (χ1n) is 39.1. The number of likely N-dealkylation sites (N-methyl/N-ethyl adjacent to an activating group) is 1. The minimum Gasteiger partial charge on any atom is -0.477 e.